The SMILES string of the molecule is CCC(C)N1CCCC(Br)C1=O. The smallest absolute Gasteiger partial charge is 0.236 e. The Kier molecular flexibility index (Phi) is 3.56. The van der Waals surface area contributed by atoms with Crippen molar-refractivity contribution in [1.82, 2.24) is 4.90 Å². The van der Waals surface area contributed by atoms with Crippen LogP contribution in [-0.2, 0) is 4.79 Å². The van der Waals surface area contributed by atoms with Crippen molar-refractivity contribution in [3.05, 3.63) is 0 Å². The van der Waals surface area contributed by atoms with E-state index in [0.29, 0.717) is 6.04 Å². The first-order chi connectivity index (χ1) is 5.66. The highest BCUT2D eigenvalue weighted by Gasteiger charge is 2.28. The van der Waals surface area contributed by atoms with Gasteiger partial charge in [-0.3, -0.25) is 4.79 Å². The molecule has 12 heavy (non-hydrogen) atoms. The number of likely N-dealkylation sites (tertiary alicyclic amines) is 1. The Bertz CT molecular complexity index is 172. The van der Waals surface area contributed by atoms with Gasteiger partial charge in [0, 0.05) is 12.6 Å². The van der Waals surface area contributed by atoms with E-state index >= 15 is 0 Å². The van der Waals surface area contributed by atoms with Gasteiger partial charge in [0.05, 0.1) is 4.83 Å². The van der Waals surface area contributed by atoms with Gasteiger partial charge in [0.15, 0.2) is 0 Å². The van der Waals surface area contributed by atoms with E-state index in [2.05, 4.69) is 29.8 Å². The average Bonchev–Trinajstić information content (AvgIpc) is 2.08. The van der Waals surface area contributed by atoms with Crippen LogP contribution < -0.4 is 0 Å². The fourth-order valence-electron chi connectivity index (χ4n) is 1.51. The minimum atomic E-state index is 0.0697. The maximum Gasteiger partial charge on any atom is 0.236 e. The van der Waals surface area contributed by atoms with Gasteiger partial charge in [-0.25, -0.2) is 0 Å². The van der Waals surface area contributed by atoms with E-state index in [1.165, 1.54) is 0 Å². The van der Waals surface area contributed by atoms with Gasteiger partial charge in [0.1, 0.15) is 0 Å². The van der Waals surface area contributed by atoms with Crippen LogP contribution in [0.25, 0.3) is 0 Å². The van der Waals surface area contributed by atoms with Crippen molar-refractivity contribution in [3.63, 3.8) is 0 Å². The highest BCUT2D eigenvalue weighted by molar-refractivity contribution is 9.10. The molecule has 0 aromatic rings. The van der Waals surface area contributed by atoms with E-state index in [0.717, 1.165) is 25.8 Å². The van der Waals surface area contributed by atoms with Crippen LogP contribution in [0.15, 0.2) is 0 Å². The molecule has 2 nitrogen and oxygen atoms in total. The molecule has 2 unspecified atom stereocenters. The van der Waals surface area contributed by atoms with Gasteiger partial charge in [-0.1, -0.05) is 22.9 Å². The van der Waals surface area contributed by atoms with Crippen molar-refractivity contribution >= 4 is 21.8 Å². The first-order valence-electron chi connectivity index (χ1n) is 4.61. The van der Waals surface area contributed by atoms with Gasteiger partial charge >= 0.3 is 0 Å². The van der Waals surface area contributed by atoms with Crippen molar-refractivity contribution < 1.29 is 4.79 Å². The molecule has 0 aromatic carbocycles. The number of hydrogen-bond donors (Lipinski definition) is 0. The van der Waals surface area contributed by atoms with E-state index in [-0.39, 0.29) is 10.7 Å². The van der Waals surface area contributed by atoms with Gasteiger partial charge in [0.2, 0.25) is 5.91 Å². The molecule has 1 fully saturated rings. The number of piperidine rings is 1. The van der Waals surface area contributed by atoms with E-state index in [9.17, 15) is 4.79 Å². The monoisotopic (exact) mass is 233 g/mol. The number of halogens is 1. The van der Waals surface area contributed by atoms with Gasteiger partial charge in [-0.2, -0.15) is 0 Å². The topological polar surface area (TPSA) is 20.3 Å². The highest BCUT2D eigenvalue weighted by Crippen LogP contribution is 2.20. The van der Waals surface area contributed by atoms with Crippen molar-refractivity contribution in [2.45, 2.75) is 44.0 Å². The van der Waals surface area contributed by atoms with Crippen LogP contribution in [0.1, 0.15) is 33.1 Å². The zero-order valence-electron chi connectivity index (χ0n) is 7.72. The molecule has 3 heteroatoms. The summed E-state index contributed by atoms with van der Waals surface area (Å²) in [5, 5.41) is 0. The minimum absolute atomic E-state index is 0.0697. The van der Waals surface area contributed by atoms with Crippen LogP contribution >= 0.6 is 15.9 Å². The highest BCUT2D eigenvalue weighted by atomic mass is 79.9. The number of rotatable bonds is 2. The number of nitrogens with zero attached hydrogens (tertiary/aromatic N) is 1. The number of alkyl halides is 1. The molecule has 1 rings (SSSR count). The van der Waals surface area contributed by atoms with E-state index in [1.54, 1.807) is 0 Å². The minimum Gasteiger partial charge on any atom is -0.339 e. The summed E-state index contributed by atoms with van der Waals surface area (Å²) < 4.78 is 0. The van der Waals surface area contributed by atoms with Crippen LogP contribution in [0, 0.1) is 0 Å². The summed E-state index contributed by atoms with van der Waals surface area (Å²) in [6, 6.07) is 0.401. The van der Waals surface area contributed by atoms with Crippen LogP contribution in [0.4, 0.5) is 0 Å². The molecule has 70 valence electrons. The maximum atomic E-state index is 11.6. The van der Waals surface area contributed by atoms with Gasteiger partial charge < -0.3 is 4.90 Å². The first kappa shape index (κ1) is 10.0. The molecule has 0 aliphatic carbocycles. The van der Waals surface area contributed by atoms with Gasteiger partial charge in [0.25, 0.3) is 0 Å². The van der Waals surface area contributed by atoms with E-state index in [4.69, 9.17) is 0 Å². The summed E-state index contributed by atoms with van der Waals surface area (Å²) in [6.07, 6.45) is 3.17. The molecule has 0 aromatic heterocycles. The molecule has 0 N–H and O–H groups in total. The van der Waals surface area contributed by atoms with Crippen LogP contribution in [-0.4, -0.2) is 28.2 Å². The Balaban J connectivity index is 2.57. The second-order valence-electron chi connectivity index (χ2n) is 3.40. The third-order valence-corrected chi connectivity index (χ3v) is 3.38. The molecule has 1 aliphatic heterocycles. The van der Waals surface area contributed by atoms with Crippen LogP contribution in [0.2, 0.25) is 0 Å². The van der Waals surface area contributed by atoms with E-state index in [1.807, 2.05) is 4.90 Å². The summed E-state index contributed by atoms with van der Waals surface area (Å²) in [5.74, 6) is 0.274. The van der Waals surface area contributed by atoms with Gasteiger partial charge in [-0.15, -0.1) is 0 Å². The molecular formula is C9H16BrNO. The third-order valence-electron chi connectivity index (χ3n) is 2.53. The van der Waals surface area contributed by atoms with Crippen molar-refractivity contribution in [3.8, 4) is 0 Å². The number of hydrogen-bond acceptors (Lipinski definition) is 1. The molecule has 0 saturated carbocycles. The molecule has 0 radical (unpaired) electrons. The molecule has 2 atom stereocenters. The Hall–Kier alpha value is -0.0500. The Labute approximate surface area is 82.4 Å². The molecule has 1 amide bonds. The summed E-state index contributed by atoms with van der Waals surface area (Å²) in [5.41, 5.74) is 0. The lowest BCUT2D eigenvalue weighted by Gasteiger charge is -2.34. The average molecular weight is 234 g/mol. The zero-order chi connectivity index (χ0) is 9.14. The Morgan fingerprint density at radius 2 is 2.42 bits per heavy atom. The summed E-state index contributed by atoms with van der Waals surface area (Å²) >= 11 is 3.40. The van der Waals surface area contributed by atoms with Crippen molar-refractivity contribution in [2.24, 2.45) is 0 Å². The van der Waals surface area contributed by atoms with E-state index < -0.39 is 0 Å². The largest absolute Gasteiger partial charge is 0.339 e. The first-order valence-corrected chi connectivity index (χ1v) is 5.53. The Morgan fingerprint density at radius 3 is 3.00 bits per heavy atom. The lowest BCUT2D eigenvalue weighted by molar-refractivity contribution is -0.134. The molecule has 1 saturated heterocycles. The standard InChI is InChI=1S/C9H16BrNO/c1-3-7(2)11-6-4-5-8(10)9(11)12/h7-8H,3-6H2,1-2H3. The number of amides is 1. The third kappa shape index (κ3) is 2.00. The molecular weight excluding hydrogens is 218 g/mol. The Morgan fingerprint density at radius 1 is 1.75 bits per heavy atom. The zero-order valence-corrected chi connectivity index (χ0v) is 9.30. The number of carbonyl (C=O) groups is 1. The molecule has 0 spiro atoms. The number of carbonyl (C=O) groups excluding carboxylic acids is 1. The predicted octanol–water partition coefficient (Wildman–Crippen LogP) is 2.17. The van der Waals surface area contributed by atoms with Crippen LogP contribution in [0.3, 0.4) is 0 Å². The fraction of sp³-hybridized carbons (Fsp3) is 0.889. The van der Waals surface area contributed by atoms with Gasteiger partial charge in [-0.05, 0) is 26.2 Å². The van der Waals surface area contributed by atoms with Crippen molar-refractivity contribution in [2.75, 3.05) is 6.54 Å². The fourth-order valence-corrected chi connectivity index (χ4v) is 2.10. The second-order valence-corrected chi connectivity index (χ2v) is 4.50. The second kappa shape index (κ2) is 4.26. The normalized spacial score (nSPS) is 27.4. The molecule has 0 bridgehead atoms. The molecule has 1 heterocycles. The maximum absolute atomic E-state index is 11.6. The van der Waals surface area contributed by atoms with Crippen LogP contribution in [0.5, 0.6) is 0 Å². The summed E-state index contributed by atoms with van der Waals surface area (Å²) in [4.78, 5) is 13.7. The van der Waals surface area contributed by atoms with Crippen molar-refractivity contribution in [1.29, 1.82) is 0 Å². The summed E-state index contributed by atoms with van der Waals surface area (Å²) in [6.45, 7) is 5.18. The quantitative estimate of drug-likeness (QED) is 0.670. The summed E-state index contributed by atoms with van der Waals surface area (Å²) in [7, 11) is 0. The lowest BCUT2D eigenvalue weighted by Crippen LogP contribution is -2.46. The predicted molar refractivity (Wildman–Crippen MR) is 53.4 cm³/mol. The molecule has 1 aliphatic rings. The lowest BCUT2D eigenvalue weighted by atomic mass is 10.1.